The van der Waals surface area contributed by atoms with Crippen molar-refractivity contribution in [1.82, 2.24) is 15.1 Å². The molecule has 30 heavy (non-hydrogen) atoms. The fourth-order valence-electron chi connectivity index (χ4n) is 4.15. The molecule has 3 aliphatic heterocycles. The number of fused-ring (bicyclic) bond motifs is 1. The summed E-state index contributed by atoms with van der Waals surface area (Å²) in [6.07, 6.45) is 1.66. The number of ether oxygens (including phenoxy) is 2. The molecule has 7 heteroatoms. The first-order valence-electron chi connectivity index (χ1n) is 9.80. The molecule has 2 aromatic carbocycles. The van der Waals surface area contributed by atoms with Gasteiger partial charge in [0.15, 0.2) is 11.5 Å². The Morgan fingerprint density at radius 3 is 2.70 bits per heavy atom. The second kappa shape index (κ2) is 7.26. The van der Waals surface area contributed by atoms with E-state index in [-0.39, 0.29) is 18.7 Å². The summed E-state index contributed by atoms with van der Waals surface area (Å²) in [5.41, 5.74) is 3.18. The number of carbonyl (C=O) groups excluding carboxylic acids is 2. The lowest BCUT2D eigenvalue weighted by molar-refractivity contribution is -0.126. The predicted molar refractivity (Wildman–Crippen MR) is 110 cm³/mol. The zero-order chi connectivity index (χ0) is 20.7. The van der Waals surface area contributed by atoms with E-state index in [4.69, 9.17) is 9.47 Å². The molecule has 0 fully saturated rings. The maximum Gasteiger partial charge on any atom is 0.322 e. The summed E-state index contributed by atoms with van der Waals surface area (Å²) >= 11 is 0. The van der Waals surface area contributed by atoms with Gasteiger partial charge in [0.05, 0.1) is 23.9 Å². The quantitative estimate of drug-likeness (QED) is 0.780. The van der Waals surface area contributed by atoms with Gasteiger partial charge in [0.1, 0.15) is 0 Å². The Morgan fingerprint density at radius 2 is 1.90 bits per heavy atom. The van der Waals surface area contributed by atoms with Crippen molar-refractivity contribution in [1.29, 1.82) is 0 Å². The molecule has 3 aliphatic rings. The Morgan fingerprint density at radius 1 is 1.10 bits per heavy atom. The van der Waals surface area contributed by atoms with E-state index in [1.54, 1.807) is 15.9 Å². The summed E-state index contributed by atoms with van der Waals surface area (Å²) in [6.45, 7) is 5.09. The van der Waals surface area contributed by atoms with E-state index in [1.807, 2.05) is 48.5 Å². The fourth-order valence-corrected chi connectivity index (χ4v) is 4.15. The van der Waals surface area contributed by atoms with Crippen LogP contribution >= 0.6 is 0 Å². The maximum absolute atomic E-state index is 13.4. The van der Waals surface area contributed by atoms with Crippen molar-refractivity contribution in [2.75, 3.05) is 19.9 Å². The van der Waals surface area contributed by atoms with E-state index in [0.29, 0.717) is 36.7 Å². The third kappa shape index (κ3) is 2.99. The van der Waals surface area contributed by atoms with Crippen LogP contribution in [0.4, 0.5) is 4.79 Å². The van der Waals surface area contributed by atoms with Crippen LogP contribution in [-0.4, -0.2) is 41.6 Å². The predicted octanol–water partition coefficient (Wildman–Crippen LogP) is 2.96. The van der Waals surface area contributed by atoms with Crippen molar-refractivity contribution >= 4 is 11.9 Å². The molecular formula is C23H21N3O4. The van der Waals surface area contributed by atoms with E-state index in [9.17, 15) is 9.59 Å². The van der Waals surface area contributed by atoms with E-state index in [1.165, 1.54) is 0 Å². The number of nitrogens with one attached hydrogen (secondary N) is 1. The van der Waals surface area contributed by atoms with E-state index >= 15 is 0 Å². The van der Waals surface area contributed by atoms with Gasteiger partial charge in [0.25, 0.3) is 5.91 Å². The highest BCUT2D eigenvalue weighted by molar-refractivity contribution is 6.01. The van der Waals surface area contributed by atoms with Crippen LogP contribution in [0.3, 0.4) is 0 Å². The van der Waals surface area contributed by atoms with Crippen LogP contribution in [-0.2, 0) is 11.3 Å². The molecule has 0 aromatic heterocycles. The minimum Gasteiger partial charge on any atom is -0.454 e. The van der Waals surface area contributed by atoms with Crippen molar-refractivity contribution < 1.29 is 19.1 Å². The second-order valence-electron chi connectivity index (χ2n) is 7.40. The Hall–Kier alpha value is -3.74. The zero-order valence-corrected chi connectivity index (χ0v) is 16.3. The Balaban J connectivity index is 1.47. The summed E-state index contributed by atoms with van der Waals surface area (Å²) in [5.74, 6) is 1.31. The standard InChI is InChI=1S/C23H21N3O4/c1-2-10-26-17-13-25(12-15-8-9-18-19(11-15)30-14-29-18)22(27)20(17)21(24-23(26)28)16-6-4-3-5-7-16/h2-9,11,21H,1,10,12-14H2,(H,24,28)/t21-/m1/s1. The summed E-state index contributed by atoms with van der Waals surface area (Å²) in [6, 6.07) is 14.6. The highest BCUT2D eigenvalue weighted by Gasteiger charge is 2.43. The van der Waals surface area contributed by atoms with Crippen LogP contribution in [0.2, 0.25) is 0 Å². The molecule has 0 saturated carbocycles. The molecular weight excluding hydrogens is 382 g/mol. The molecule has 0 aliphatic carbocycles. The normalized spacial score (nSPS) is 19.8. The topological polar surface area (TPSA) is 71.1 Å². The molecule has 0 spiro atoms. The summed E-state index contributed by atoms with van der Waals surface area (Å²) in [5, 5.41) is 2.99. The zero-order valence-electron chi connectivity index (χ0n) is 16.3. The van der Waals surface area contributed by atoms with Gasteiger partial charge in [0.2, 0.25) is 6.79 Å². The van der Waals surface area contributed by atoms with Crippen LogP contribution in [0.15, 0.2) is 72.5 Å². The van der Waals surface area contributed by atoms with Crippen LogP contribution in [0.25, 0.3) is 0 Å². The molecule has 2 aromatic rings. The number of benzene rings is 2. The van der Waals surface area contributed by atoms with E-state index in [2.05, 4.69) is 11.9 Å². The first kappa shape index (κ1) is 18.3. The average Bonchev–Trinajstić information content (AvgIpc) is 3.35. The molecule has 1 N–H and O–H groups in total. The Labute approximate surface area is 174 Å². The van der Waals surface area contributed by atoms with Gasteiger partial charge in [-0.05, 0) is 23.3 Å². The largest absolute Gasteiger partial charge is 0.454 e. The first-order valence-corrected chi connectivity index (χ1v) is 9.80. The molecule has 0 bridgehead atoms. The van der Waals surface area contributed by atoms with Gasteiger partial charge in [-0.15, -0.1) is 6.58 Å². The third-order valence-corrected chi connectivity index (χ3v) is 5.55. The first-order chi connectivity index (χ1) is 14.7. The number of urea groups is 1. The fraction of sp³-hybridized carbons (Fsp3) is 0.217. The van der Waals surface area contributed by atoms with Gasteiger partial charge in [-0.3, -0.25) is 9.69 Å². The molecule has 0 unspecified atom stereocenters. The Bertz CT molecular complexity index is 1060. The highest BCUT2D eigenvalue weighted by atomic mass is 16.7. The van der Waals surface area contributed by atoms with Crippen LogP contribution in [0.1, 0.15) is 17.2 Å². The molecule has 7 nitrogen and oxygen atoms in total. The second-order valence-corrected chi connectivity index (χ2v) is 7.40. The molecule has 5 rings (SSSR count). The number of hydrogen-bond donors (Lipinski definition) is 1. The minimum absolute atomic E-state index is 0.0782. The third-order valence-electron chi connectivity index (χ3n) is 5.55. The van der Waals surface area contributed by atoms with Gasteiger partial charge < -0.3 is 19.7 Å². The molecule has 0 radical (unpaired) electrons. The number of amides is 3. The van der Waals surface area contributed by atoms with Gasteiger partial charge >= 0.3 is 6.03 Å². The molecule has 3 heterocycles. The molecule has 0 saturated heterocycles. The van der Waals surface area contributed by atoms with Crippen molar-refractivity contribution in [3.05, 3.63) is 83.6 Å². The average molecular weight is 403 g/mol. The van der Waals surface area contributed by atoms with Crippen LogP contribution in [0.5, 0.6) is 11.5 Å². The number of hydrogen-bond acceptors (Lipinski definition) is 4. The van der Waals surface area contributed by atoms with Gasteiger partial charge in [-0.25, -0.2) is 4.79 Å². The SMILES string of the molecule is C=CCN1C(=O)N[C@H](c2ccccc2)C2=C1CN(Cc1ccc3c(c1)OCO3)C2=O. The van der Waals surface area contributed by atoms with Crippen molar-refractivity contribution in [3.8, 4) is 11.5 Å². The lowest BCUT2D eigenvalue weighted by atomic mass is 9.95. The smallest absolute Gasteiger partial charge is 0.322 e. The lowest BCUT2D eigenvalue weighted by Gasteiger charge is -2.33. The van der Waals surface area contributed by atoms with Gasteiger partial charge in [-0.2, -0.15) is 0 Å². The van der Waals surface area contributed by atoms with Gasteiger partial charge in [-0.1, -0.05) is 42.5 Å². The number of carbonyl (C=O) groups is 2. The monoisotopic (exact) mass is 403 g/mol. The van der Waals surface area contributed by atoms with Crippen molar-refractivity contribution in [2.24, 2.45) is 0 Å². The van der Waals surface area contributed by atoms with E-state index in [0.717, 1.165) is 16.8 Å². The number of rotatable bonds is 5. The minimum atomic E-state index is -0.469. The lowest BCUT2D eigenvalue weighted by Crippen LogP contribution is -2.47. The summed E-state index contributed by atoms with van der Waals surface area (Å²) in [4.78, 5) is 29.6. The van der Waals surface area contributed by atoms with Crippen LogP contribution in [0, 0.1) is 0 Å². The molecule has 1 atom stereocenters. The number of nitrogens with zero attached hydrogens (tertiary/aromatic N) is 2. The van der Waals surface area contributed by atoms with Crippen molar-refractivity contribution in [3.63, 3.8) is 0 Å². The molecule has 3 amide bonds. The van der Waals surface area contributed by atoms with Gasteiger partial charge in [0, 0.05) is 13.1 Å². The highest BCUT2D eigenvalue weighted by Crippen LogP contribution is 2.38. The van der Waals surface area contributed by atoms with Crippen LogP contribution < -0.4 is 14.8 Å². The van der Waals surface area contributed by atoms with Crippen molar-refractivity contribution in [2.45, 2.75) is 12.6 Å². The maximum atomic E-state index is 13.4. The Kier molecular flexibility index (Phi) is 4.43. The molecule has 152 valence electrons. The van der Waals surface area contributed by atoms with E-state index < -0.39 is 6.04 Å². The summed E-state index contributed by atoms with van der Waals surface area (Å²) in [7, 11) is 0. The summed E-state index contributed by atoms with van der Waals surface area (Å²) < 4.78 is 10.8.